The highest BCUT2D eigenvalue weighted by Crippen LogP contribution is 2.33. The van der Waals surface area contributed by atoms with Gasteiger partial charge in [-0.15, -0.1) is 0 Å². The number of hydrogen-bond donors (Lipinski definition) is 2. The maximum absolute atomic E-state index is 12.8. The molecule has 5 nitrogen and oxygen atoms in total. The molecule has 3 fully saturated rings. The molecular weight excluding hydrogens is 326 g/mol. The summed E-state index contributed by atoms with van der Waals surface area (Å²) in [6.45, 7) is 5.62. The van der Waals surface area contributed by atoms with Crippen LogP contribution in [0.25, 0.3) is 0 Å². The number of aliphatic hydroxyl groups is 1. The Hall–Kier alpha value is -1.43. The van der Waals surface area contributed by atoms with Crippen molar-refractivity contribution in [1.29, 1.82) is 0 Å². The molecular formula is C21H31N3O2. The quantitative estimate of drug-likeness (QED) is 0.860. The maximum atomic E-state index is 12.8. The van der Waals surface area contributed by atoms with Crippen LogP contribution in [-0.2, 0) is 4.79 Å². The van der Waals surface area contributed by atoms with Gasteiger partial charge in [-0.05, 0) is 56.8 Å². The van der Waals surface area contributed by atoms with Crippen molar-refractivity contribution in [3.05, 3.63) is 35.9 Å². The molecule has 26 heavy (non-hydrogen) atoms. The van der Waals surface area contributed by atoms with Gasteiger partial charge in [0.05, 0.1) is 12.1 Å². The van der Waals surface area contributed by atoms with Crippen LogP contribution in [0.5, 0.6) is 0 Å². The average Bonchev–Trinajstić information content (AvgIpc) is 2.68. The van der Waals surface area contributed by atoms with E-state index in [9.17, 15) is 9.90 Å². The topological polar surface area (TPSA) is 55.8 Å². The van der Waals surface area contributed by atoms with Crippen LogP contribution in [0.15, 0.2) is 30.3 Å². The van der Waals surface area contributed by atoms with Crippen molar-refractivity contribution in [1.82, 2.24) is 15.1 Å². The highest BCUT2D eigenvalue weighted by Gasteiger charge is 2.43. The summed E-state index contributed by atoms with van der Waals surface area (Å²) < 4.78 is 0. The van der Waals surface area contributed by atoms with Crippen molar-refractivity contribution in [2.45, 2.75) is 37.2 Å². The summed E-state index contributed by atoms with van der Waals surface area (Å²) in [5.41, 5.74) is 0.870. The molecule has 0 unspecified atom stereocenters. The van der Waals surface area contributed by atoms with Gasteiger partial charge in [-0.25, -0.2) is 0 Å². The first kappa shape index (κ1) is 18.0. The van der Waals surface area contributed by atoms with Gasteiger partial charge < -0.3 is 15.3 Å². The molecule has 0 spiro atoms. The third kappa shape index (κ3) is 3.80. The van der Waals surface area contributed by atoms with Gasteiger partial charge in [0.15, 0.2) is 0 Å². The van der Waals surface area contributed by atoms with Gasteiger partial charge in [0.2, 0.25) is 5.91 Å². The monoisotopic (exact) mass is 357 g/mol. The molecule has 142 valence electrons. The number of fused-ring (bicyclic) bond motifs is 1. The largest absolute Gasteiger partial charge is 0.389 e. The Morgan fingerprint density at radius 3 is 2.69 bits per heavy atom. The molecule has 2 N–H and O–H groups in total. The van der Waals surface area contributed by atoms with Crippen molar-refractivity contribution in [3.63, 3.8) is 0 Å². The molecule has 4 rings (SSSR count). The minimum Gasteiger partial charge on any atom is -0.389 e. The predicted octanol–water partition coefficient (Wildman–Crippen LogP) is 1.44. The number of likely N-dealkylation sites (tertiary alicyclic amines) is 2. The highest BCUT2D eigenvalue weighted by molar-refractivity contribution is 5.78. The van der Waals surface area contributed by atoms with Crippen LogP contribution in [0.3, 0.4) is 0 Å². The standard InChI is InChI=1S/C21H31N3O2/c25-20(24-13-9-21(26)8-10-22-14-19(21)15-24)16-23-11-6-18(7-12-23)17-4-2-1-3-5-17/h1-5,18-19,22,26H,6-16H2/t19-,21-/m0/s1. The van der Waals surface area contributed by atoms with Gasteiger partial charge in [-0.3, -0.25) is 9.69 Å². The summed E-state index contributed by atoms with van der Waals surface area (Å²) in [7, 11) is 0. The second kappa shape index (κ2) is 7.67. The third-order valence-corrected chi connectivity index (χ3v) is 6.71. The first-order valence-electron chi connectivity index (χ1n) is 10.1. The fraction of sp³-hybridized carbons (Fsp3) is 0.667. The maximum Gasteiger partial charge on any atom is 0.236 e. The van der Waals surface area contributed by atoms with Gasteiger partial charge in [0.25, 0.3) is 0 Å². The molecule has 0 bridgehead atoms. The van der Waals surface area contributed by atoms with E-state index in [-0.39, 0.29) is 11.8 Å². The molecule has 1 amide bonds. The van der Waals surface area contributed by atoms with E-state index in [1.54, 1.807) is 0 Å². The Morgan fingerprint density at radius 2 is 1.92 bits per heavy atom. The van der Waals surface area contributed by atoms with Crippen molar-refractivity contribution < 1.29 is 9.90 Å². The normalized spacial score (nSPS) is 30.8. The Labute approximate surface area is 156 Å². The summed E-state index contributed by atoms with van der Waals surface area (Å²) in [6.07, 6.45) is 3.79. The molecule has 0 aliphatic carbocycles. The molecule has 0 saturated carbocycles. The second-order valence-corrected chi connectivity index (χ2v) is 8.31. The van der Waals surface area contributed by atoms with Crippen molar-refractivity contribution >= 4 is 5.91 Å². The fourth-order valence-electron chi connectivity index (χ4n) is 4.89. The molecule has 3 aliphatic rings. The Bertz CT molecular complexity index is 615. The molecule has 3 saturated heterocycles. The average molecular weight is 357 g/mol. The lowest BCUT2D eigenvalue weighted by atomic mass is 9.76. The van der Waals surface area contributed by atoms with E-state index in [4.69, 9.17) is 0 Å². The SMILES string of the molecule is O=C(CN1CCC(c2ccccc2)CC1)N1CC[C@@]2(O)CCNC[C@H]2C1. The van der Waals surface area contributed by atoms with E-state index >= 15 is 0 Å². The van der Waals surface area contributed by atoms with E-state index in [0.29, 0.717) is 25.6 Å². The number of benzene rings is 1. The lowest BCUT2D eigenvalue weighted by Gasteiger charge is -2.47. The van der Waals surface area contributed by atoms with Gasteiger partial charge >= 0.3 is 0 Å². The zero-order valence-corrected chi connectivity index (χ0v) is 15.6. The predicted molar refractivity (Wildman–Crippen MR) is 102 cm³/mol. The Balaban J connectivity index is 1.27. The Morgan fingerprint density at radius 1 is 1.15 bits per heavy atom. The molecule has 5 heteroatoms. The second-order valence-electron chi connectivity index (χ2n) is 8.31. The summed E-state index contributed by atoms with van der Waals surface area (Å²) in [5.74, 6) is 1.04. The zero-order chi connectivity index (χ0) is 18.0. The molecule has 3 aliphatic heterocycles. The van der Waals surface area contributed by atoms with Gasteiger partial charge in [-0.1, -0.05) is 30.3 Å². The highest BCUT2D eigenvalue weighted by atomic mass is 16.3. The number of hydrogen-bond acceptors (Lipinski definition) is 4. The van der Waals surface area contributed by atoms with E-state index in [2.05, 4.69) is 40.5 Å². The van der Waals surface area contributed by atoms with E-state index < -0.39 is 5.60 Å². The van der Waals surface area contributed by atoms with E-state index in [1.165, 1.54) is 5.56 Å². The van der Waals surface area contributed by atoms with Gasteiger partial charge in [0, 0.05) is 25.6 Å². The summed E-state index contributed by atoms with van der Waals surface area (Å²) in [5, 5.41) is 14.1. The lowest BCUT2D eigenvalue weighted by Crippen LogP contribution is -2.60. The number of nitrogens with zero attached hydrogens (tertiary/aromatic N) is 2. The first-order chi connectivity index (χ1) is 12.6. The van der Waals surface area contributed by atoms with Gasteiger partial charge in [0.1, 0.15) is 0 Å². The molecule has 3 heterocycles. The molecule has 0 radical (unpaired) electrons. The number of carbonyl (C=O) groups is 1. The Kier molecular flexibility index (Phi) is 5.30. The van der Waals surface area contributed by atoms with Crippen LogP contribution in [0.2, 0.25) is 0 Å². The van der Waals surface area contributed by atoms with Crippen LogP contribution < -0.4 is 5.32 Å². The molecule has 1 aromatic carbocycles. The number of piperidine rings is 3. The van der Waals surface area contributed by atoms with Crippen LogP contribution in [-0.4, -0.2) is 72.2 Å². The number of carbonyl (C=O) groups excluding carboxylic acids is 1. The summed E-state index contributed by atoms with van der Waals surface area (Å²) in [4.78, 5) is 17.1. The van der Waals surface area contributed by atoms with Crippen molar-refractivity contribution in [2.75, 3.05) is 45.8 Å². The smallest absolute Gasteiger partial charge is 0.236 e. The first-order valence-corrected chi connectivity index (χ1v) is 10.1. The number of rotatable bonds is 3. The summed E-state index contributed by atoms with van der Waals surface area (Å²) >= 11 is 0. The zero-order valence-electron chi connectivity index (χ0n) is 15.6. The van der Waals surface area contributed by atoms with Crippen LogP contribution in [0.1, 0.15) is 37.2 Å². The van der Waals surface area contributed by atoms with Crippen molar-refractivity contribution in [2.24, 2.45) is 5.92 Å². The minimum atomic E-state index is -0.559. The van der Waals surface area contributed by atoms with E-state index in [1.807, 2.05) is 4.90 Å². The van der Waals surface area contributed by atoms with Crippen LogP contribution >= 0.6 is 0 Å². The van der Waals surface area contributed by atoms with Crippen molar-refractivity contribution in [3.8, 4) is 0 Å². The lowest BCUT2D eigenvalue weighted by molar-refractivity contribution is -0.143. The number of nitrogens with one attached hydrogen (secondary N) is 1. The number of amides is 1. The van der Waals surface area contributed by atoms with E-state index in [0.717, 1.165) is 51.9 Å². The fourth-order valence-corrected chi connectivity index (χ4v) is 4.89. The summed E-state index contributed by atoms with van der Waals surface area (Å²) in [6, 6.07) is 10.7. The molecule has 2 atom stereocenters. The minimum absolute atomic E-state index is 0.178. The third-order valence-electron chi connectivity index (χ3n) is 6.71. The molecule has 1 aromatic rings. The van der Waals surface area contributed by atoms with Gasteiger partial charge in [-0.2, -0.15) is 0 Å². The molecule has 0 aromatic heterocycles. The van der Waals surface area contributed by atoms with Crippen LogP contribution in [0.4, 0.5) is 0 Å². The van der Waals surface area contributed by atoms with Crippen LogP contribution in [0, 0.1) is 5.92 Å².